The van der Waals surface area contributed by atoms with Crippen molar-refractivity contribution in [2.75, 3.05) is 20.1 Å². The van der Waals surface area contributed by atoms with Crippen LogP contribution in [0.15, 0.2) is 54.6 Å². The minimum Gasteiger partial charge on any atom is -0.508 e. The van der Waals surface area contributed by atoms with Crippen LogP contribution in [0.4, 0.5) is 0 Å². The highest BCUT2D eigenvalue weighted by Gasteiger charge is 2.05. The topological polar surface area (TPSA) is 35.5 Å². The first kappa shape index (κ1) is 16.5. The minimum absolute atomic E-state index is 0.256. The monoisotopic (exact) mass is 298 g/mol. The highest BCUT2D eigenvalue weighted by atomic mass is 16.3. The van der Waals surface area contributed by atoms with Gasteiger partial charge in [0.05, 0.1) is 0 Å². The number of benzene rings is 2. The molecule has 0 radical (unpaired) electrons. The van der Waals surface area contributed by atoms with Crippen molar-refractivity contribution in [3.8, 4) is 5.75 Å². The second-order valence-electron chi connectivity index (χ2n) is 5.85. The zero-order chi connectivity index (χ0) is 15.8. The number of hydrogen-bond donors (Lipinski definition) is 2. The summed E-state index contributed by atoms with van der Waals surface area (Å²) >= 11 is 0. The van der Waals surface area contributed by atoms with Gasteiger partial charge in [0, 0.05) is 12.6 Å². The Hall–Kier alpha value is -1.84. The van der Waals surface area contributed by atoms with Crippen molar-refractivity contribution in [3.05, 3.63) is 65.7 Å². The van der Waals surface area contributed by atoms with Gasteiger partial charge in [-0.2, -0.15) is 0 Å². The molecule has 0 aliphatic rings. The van der Waals surface area contributed by atoms with Gasteiger partial charge in [-0.15, -0.1) is 0 Å². The SMILES string of the molecule is CC(NCCCN(C)Cc1ccccc1)c1cccc(O)c1. The molecule has 22 heavy (non-hydrogen) atoms. The molecule has 0 heterocycles. The fourth-order valence-electron chi connectivity index (χ4n) is 2.55. The summed E-state index contributed by atoms with van der Waals surface area (Å²) in [5, 5.41) is 13.0. The maximum Gasteiger partial charge on any atom is 0.115 e. The van der Waals surface area contributed by atoms with Gasteiger partial charge in [0.1, 0.15) is 5.75 Å². The molecular weight excluding hydrogens is 272 g/mol. The van der Waals surface area contributed by atoms with Gasteiger partial charge in [-0.1, -0.05) is 42.5 Å². The first-order valence-corrected chi connectivity index (χ1v) is 7.90. The summed E-state index contributed by atoms with van der Waals surface area (Å²) in [6, 6.07) is 18.3. The predicted octanol–water partition coefficient (Wildman–Crippen LogP) is 3.56. The Labute approximate surface area is 133 Å². The van der Waals surface area contributed by atoms with E-state index in [1.54, 1.807) is 6.07 Å². The van der Waals surface area contributed by atoms with Crippen molar-refractivity contribution in [3.63, 3.8) is 0 Å². The number of nitrogens with zero attached hydrogens (tertiary/aromatic N) is 1. The molecule has 1 atom stereocenters. The molecule has 3 nitrogen and oxygen atoms in total. The van der Waals surface area contributed by atoms with Gasteiger partial charge < -0.3 is 15.3 Å². The fourth-order valence-corrected chi connectivity index (χ4v) is 2.55. The third-order valence-corrected chi connectivity index (χ3v) is 3.83. The summed E-state index contributed by atoms with van der Waals surface area (Å²) in [6.07, 6.45) is 1.10. The van der Waals surface area contributed by atoms with Crippen LogP contribution in [0.5, 0.6) is 5.75 Å². The van der Waals surface area contributed by atoms with E-state index in [-0.39, 0.29) is 6.04 Å². The third-order valence-electron chi connectivity index (χ3n) is 3.83. The molecule has 0 aliphatic heterocycles. The largest absolute Gasteiger partial charge is 0.508 e. The van der Waals surface area contributed by atoms with Gasteiger partial charge in [0.2, 0.25) is 0 Å². The minimum atomic E-state index is 0.256. The molecule has 0 fully saturated rings. The smallest absolute Gasteiger partial charge is 0.115 e. The first-order chi connectivity index (χ1) is 10.6. The van der Waals surface area contributed by atoms with Gasteiger partial charge in [-0.05, 0) is 56.7 Å². The summed E-state index contributed by atoms with van der Waals surface area (Å²) in [5.41, 5.74) is 2.48. The third kappa shape index (κ3) is 5.51. The van der Waals surface area contributed by atoms with Crippen molar-refractivity contribution in [1.29, 1.82) is 0 Å². The van der Waals surface area contributed by atoms with E-state index in [1.165, 1.54) is 5.56 Å². The number of nitrogens with one attached hydrogen (secondary N) is 1. The summed E-state index contributed by atoms with van der Waals surface area (Å²) < 4.78 is 0. The Morgan fingerprint density at radius 2 is 1.86 bits per heavy atom. The van der Waals surface area contributed by atoms with Crippen LogP contribution in [0.1, 0.15) is 30.5 Å². The second-order valence-corrected chi connectivity index (χ2v) is 5.85. The molecule has 2 aromatic carbocycles. The Bertz CT molecular complexity index is 556. The lowest BCUT2D eigenvalue weighted by Crippen LogP contribution is -2.25. The van der Waals surface area contributed by atoms with E-state index in [2.05, 4.69) is 54.5 Å². The van der Waals surface area contributed by atoms with Crippen LogP contribution >= 0.6 is 0 Å². The Kier molecular flexibility index (Phi) is 6.44. The lowest BCUT2D eigenvalue weighted by atomic mass is 10.1. The van der Waals surface area contributed by atoms with Crippen LogP contribution < -0.4 is 5.32 Å². The molecule has 0 bridgehead atoms. The molecule has 3 heteroatoms. The normalized spacial score (nSPS) is 12.5. The highest BCUT2D eigenvalue weighted by Crippen LogP contribution is 2.17. The Morgan fingerprint density at radius 1 is 1.09 bits per heavy atom. The zero-order valence-corrected chi connectivity index (χ0v) is 13.5. The van der Waals surface area contributed by atoms with Gasteiger partial charge in [-0.25, -0.2) is 0 Å². The van der Waals surface area contributed by atoms with Crippen molar-refractivity contribution >= 4 is 0 Å². The second kappa shape index (κ2) is 8.57. The maximum absolute atomic E-state index is 9.51. The van der Waals surface area contributed by atoms with Gasteiger partial charge in [0.15, 0.2) is 0 Å². The van der Waals surface area contributed by atoms with Crippen molar-refractivity contribution in [1.82, 2.24) is 10.2 Å². The van der Waals surface area contributed by atoms with Gasteiger partial charge in [-0.3, -0.25) is 0 Å². The quantitative estimate of drug-likeness (QED) is 0.731. The van der Waals surface area contributed by atoms with Crippen LogP contribution in [0, 0.1) is 0 Å². The molecule has 0 aliphatic carbocycles. The average molecular weight is 298 g/mol. The van der Waals surface area contributed by atoms with E-state index in [9.17, 15) is 5.11 Å². The predicted molar refractivity (Wildman–Crippen MR) is 91.9 cm³/mol. The van der Waals surface area contributed by atoms with Crippen molar-refractivity contribution < 1.29 is 5.11 Å². The van der Waals surface area contributed by atoms with Gasteiger partial charge in [0.25, 0.3) is 0 Å². The molecule has 0 amide bonds. The molecule has 0 aromatic heterocycles. The highest BCUT2D eigenvalue weighted by molar-refractivity contribution is 5.28. The standard InChI is InChI=1S/C19H26N2O/c1-16(18-10-6-11-19(22)14-18)20-12-7-13-21(2)15-17-8-4-3-5-9-17/h3-6,8-11,14,16,20,22H,7,12-13,15H2,1-2H3. The van der Waals surface area contributed by atoms with Crippen LogP contribution in [0.25, 0.3) is 0 Å². The fraction of sp³-hybridized carbons (Fsp3) is 0.368. The summed E-state index contributed by atoms with van der Waals surface area (Å²) in [7, 11) is 2.16. The average Bonchev–Trinajstić information content (AvgIpc) is 2.52. The Balaban J connectivity index is 1.66. The molecule has 0 saturated carbocycles. The van der Waals surface area contributed by atoms with E-state index in [0.717, 1.165) is 31.6 Å². The Morgan fingerprint density at radius 3 is 2.59 bits per heavy atom. The van der Waals surface area contributed by atoms with E-state index >= 15 is 0 Å². The molecule has 2 rings (SSSR count). The summed E-state index contributed by atoms with van der Waals surface area (Å²) in [6.45, 7) is 5.15. The molecule has 2 aromatic rings. The molecule has 118 valence electrons. The maximum atomic E-state index is 9.51. The van der Waals surface area contributed by atoms with Crippen molar-refractivity contribution in [2.45, 2.75) is 25.9 Å². The summed E-state index contributed by atoms with van der Waals surface area (Å²) in [5.74, 6) is 0.328. The number of phenolic OH excluding ortho intramolecular Hbond substituents is 1. The molecule has 2 N–H and O–H groups in total. The lowest BCUT2D eigenvalue weighted by Gasteiger charge is -2.18. The number of hydrogen-bond acceptors (Lipinski definition) is 3. The number of rotatable bonds is 8. The first-order valence-electron chi connectivity index (χ1n) is 7.90. The zero-order valence-electron chi connectivity index (χ0n) is 13.5. The van der Waals surface area contributed by atoms with E-state index in [4.69, 9.17) is 0 Å². The van der Waals surface area contributed by atoms with Gasteiger partial charge >= 0.3 is 0 Å². The number of aromatic hydroxyl groups is 1. The van der Waals surface area contributed by atoms with E-state index < -0.39 is 0 Å². The molecule has 1 unspecified atom stereocenters. The molecular formula is C19H26N2O. The van der Waals surface area contributed by atoms with Crippen LogP contribution in [0.2, 0.25) is 0 Å². The number of phenols is 1. The summed E-state index contributed by atoms with van der Waals surface area (Å²) in [4.78, 5) is 2.34. The molecule has 0 spiro atoms. The van der Waals surface area contributed by atoms with Crippen LogP contribution in [-0.4, -0.2) is 30.1 Å². The van der Waals surface area contributed by atoms with Crippen LogP contribution in [-0.2, 0) is 6.54 Å². The molecule has 0 saturated heterocycles. The van der Waals surface area contributed by atoms with Crippen molar-refractivity contribution in [2.24, 2.45) is 0 Å². The van der Waals surface area contributed by atoms with E-state index in [1.807, 2.05) is 18.2 Å². The lowest BCUT2D eigenvalue weighted by molar-refractivity contribution is 0.317. The van der Waals surface area contributed by atoms with Crippen LogP contribution in [0.3, 0.4) is 0 Å². The van der Waals surface area contributed by atoms with E-state index in [0.29, 0.717) is 5.75 Å².